The minimum atomic E-state index is -3.50. The Morgan fingerprint density at radius 1 is 1.03 bits per heavy atom. The van der Waals surface area contributed by atoms with Gasteiger partial charge >= 0.3 is 0 Å². The molecule has 1 fully saturated rings. The van der Waals surface area contributed by atoms with E-state index in [2.05, 4.69) is 18.7 Å². The fourth-order valence-electron chi connectivity index (χ4n) is 3.94. The predicted octanol–water partition coefficient (Wildman–Crippen LogP) is 4.31. The molecule has 0 saturated carbocycles. The Labute approximate surface area is 192 Å². The molecular weight excluding hydrogens is 424 g/mol. The SMILES string of the molecule is CCOc1ccc(C(C)=O)cc1CN1CCN(S(=O)(=O)c2ccc(C(C)CC)cc2)CC1. The maximum Gasteiger partial charge on any atom is 0.243 e. The van der Waals surface area contributed by atoms with Crippen LogP contribution in [0.2, 0.25) is 0 Å². The van der Waals surface area contributed by atoms with E-state index in [0.29, 0.717) is 55.7 Å². The summed E-state index contributed by atoms with van der Waals surface area (Å²) in [5, 5.41) is 0. The van der Waals surface area contributed by atoms with Gasteiger partial charge in [0.05, 0.1) is 11.5 Å². The number of carbonyl (C=O) groups excluding carboxylic acids is 1. The smallest absolute Gasteiger partial charge is 0.243 e. The van der Waals surface area contributed by atoms with Crippen LogP contribution in [-0.2, 0) is 16.6 Å². The second-order valence-corrected chi connectivity index (χ2v) is 10.3. The zero-order valence-corrected chi connectivity index (χ0v) is 20.3. The number of hydrogen-bond acceptors (Lipinski definition) is 5. The molecular formula is C25H34N2O4S. The highest BCUT2D eigenvalue weighted by atomic mass is 32.2. The van der Waals surface area contributed by atoms with Crippen LogP contribution in [0.1, 0.15) is 61.5 Å². The van der Waals surface area contributed by atoms with Crippen molar-refractivity contribution >= 4 is 15.8 Å². The lowest BCUT2D eigenvalue weighted by molar-refractivity contribution is 0.101. The quantitative estimate of drug-likeness (QED) is 0.524. The molecule has 174 valence electrons. The van der Waals surface area contributed by atoms with Gasteiger partial charge in [-0.3, -0.25) is 9.69 Å². The van der Waals surface area contributed by atoms with Gasteiger partial charge in [-0.2, -0.15) is 4.31 Å². The van der Waals surface area contributed by atoms with Crippen molar-refractivity contribution < 1.29 is 17.9 Å². The summed E-state index contributed by atoms with van der Waals surface area (Å²) in [6.07, 6.45) is 1.02. The number of ketones is 1. The van der Waals surface area contributed by atoms with Crippen molar-refractivity contribution in [1.29, 1.82) is 0 Å². The second kappa shape index (κ2) is 10.6. The lowest BCUT2D eigenvalue weighted by Crippen LogP contribution is -2.48. The van der Waals surface area contributed by atoms with Crippen LogP contribution in [0.4, 0.5) is 0 Å². The van der Waals surface area contributed by atoms with E-state index >= 15 is 0 Å². The standard InChI is InChI=1S/C25H34N2O4S/c1-5-19(3)21-7-10-24(11-8-21)32(29,30)27-15-13-26(14-16-27)18-23-17-22(20(4)28)9-12-25(23)31-6-2/h7-12,17,19H,5-6,13-16,18H2,1-4H3. The summed E-state index contributed by atoms with van der Waals surface area (Å²) in [5.41, 5.74) is 2.77. The first-order valence-electron chi connectivity index (χ1n) is 11.3. The highest BCUT2D eigenvalue weighted by molar-refractivity contribution is 7.89. The molecule has 0 aliphatic carbocycles. The molecule has 1 aliphatic rings. The number of Topliss-reactive ketones (excluding diaryl/α,β-unsaturated/α-hetero) is 1. The third kappa shape index (κ3) is 5.57. The normalized spacial score (nSPS) is 16.6. The number of ether oxygens (including phenoxy) is 1. The van der Waals surface area contributed by atoms with Gasteiger partial charge < -0.3 is 4.74 Å². The lowest BCUT2D eigenvalue weighted by Gasteiger charge is -2.34. The van der Waals surface area contributed by atoms with E-state index in [0.717, 1.165) is 23.3 Å². The van der Waals surface area contributed by atoms with E-state index in [1.807, 2.05) is 31.2 Å². The van der Waals surface area contributed by atoms with Crippen LogP contribution >= 0.6 is 0 Å². The summed E-state index contributed by atoms with van der Waals surface area (Å²) < 4.78 is 33.5. The summed E-state index contributed by atoms with van der Waals surface area (Å²) in [5.74, 6) is 1.21. The molecule has 2 aromatic carbocycles. The summed E-state index contributed by atoms with van der Waals surface area (Å²) >= 11 is 0. The Morgan fingerprint density at radius 3 is 2.25 bits per heavy atom. The van der Waals surface area contributed by atoms with Crippen molar-refractivity contribution in [2.24, 2.45) is 0 Å². The van der Waals surface area contributed by atoms with Crippen LogP contribution < -0.4 is 4.74 Å². The van der Waals surface area contributed by atoms with Crippen molar-refractivity contribution in [3.05, 3.63) is 59.2 Å². The molecule has 1 unspecified atom stereocenters. The van der Waals surface area contributed by atoms with Gasteiger partial charge in [0.15, 0.2) is 5.78 Å². The van der Waals surface area contributed by atoms with Gasteiger partial charge in [0.1, 0.15) is 5.75 Å². The van der Waals surface area contributed by atoms with Crippen molar-refractivity contribution in [2.75, 3.05) is 32.8 Å². The van der Waals surface area contributed by atoms with Gasteiger partial charge in [0, 0.05) is 43.9 Å². The molecule has 7 heteroatoms. The maximum atomic E-state index is 13.1. The summed E-state index contributed by atoms with van der Waals surface area (Å²) in [6.45, 7) is 11.1. The predicted molar refractivity (Wildman–Crippen MR) is 127 cm³/mol. The van der Waals surface area contributed by atoms with Gasteiger partial charge in [0.25, 0.3) is 0 Å². The topological polar surface area (TPSA) is 66.9 Å². The van der Waals surface area contributed by atoms with Crippen LogP contribution in [0.5, 0.6) is 5.75 Å². The zero-order chi connectivity index (χ0) is 23.3. The number of hydrogen-bond donors (Lipinski definition) is 0. The average Bonchev–Trinajstić information content (AvgIpc) is 2.80. The van der Waals surface area contributed by atoms with Crippen molar-refractivity contribution in [3.8, 4) is 5.75 Å². The van der Waals surface area contributed by atoms with Gasteiger partial charge in [0.2, 0.25) is 10.0 Å². The van der Waals surface area contributed by atoms with Crippen LogP contribution in [0.15, 0.2) is 47.4 Å². The van der Waals surface area contributed by atoms with Crippen LogP contribution in [0, 0.1) is 0 Å². The minimum absolute atomic E-state index is 0.0181. The van der Waals surface area contributed by atoms with Crippen LogP contribution in [0.25, 0.3) is 0 Å². The largest absolute Gasteiger partial charge is 0.494 e. The zero-order valence-electron chi connectivity index (χ0n) is 19.5. The Bertz CT molecular complexity index is 1030. The molecule has 6 nitrogen and oxygen atoms in total. The third-order valence-electron chi connectivity index (χ3n) is 6.19. The Balaban J connectivity index is 1.67. The molecule has 0 N–H and O–H groups in total. The molecule has 3 rings (SSSR count). The lowest BCUT2D eigenvalue weighted by atomic mass is 9.99. The molecule has 1 atom stereocenters. The Kier molecular flexibility index (Phi) is 8.09. The van der Waals surface area contributed by atoms with E-state index < -0.39 is 10.0 Å². The number of carbonyl (C=O) groups is 1. The van der Waals surface area contributed by atoms with Crippen molar-refractivity contribution in [1.82, 2.24) is 9.21 Å². The first kappa shape index (κ1) is 24.4. The first-order valence-corrected chi connectivity index (χ1v) is 12.8. The van der Waals surface area contributed by atoms with E-state index in [1.54, 1.807) is 29.4 Å². The molecule has 1 saturated heterocycles. The maximum absolute atomic E-state index is 13.1. The van der Waals surface area contributed by atoms with E-state index in [-0.39, 0.29) is 5.78 Å². The molecule has 0 aromatic heterocycles. The molecule has 32 heavy (non-hydrogen) atoms. The number of piperazine rings is 1. The monoisotopic (exact) mass is 458 g/mol. The van der Waals surface area contributed by atoms with Crippen molar-refractivity contribution in [2.45, 2.75) is 51.5 Å². The first-order chi connectivity index (χ1) is 15.3. The van der Waals surface area contributed by atoms with Gasteiger partial charge in [-0.15, -0.1) is 0 Å². The van der Waals surface area contributed by atoms with Gasteiger partial charge in [-0.05, 0) is 62.1 Å². The summed E-state index contributed by atoms with van der Waals surface area (Å²) in [7, 11) is -3.50. The summed E-state index contributed by atoms with van der Waals surface area (Å²) in [4.78, 5) is 14.4. The fraction of sp³-hybridized carbons (Fsp3) is 0.480. The molecule has 1 heterocycles. The Morgan fingerprint density at radius 2 is 1.69 bits per heavy atom. The van der Waals surface area contributed by atoms with Gasteiger partial charge in [-0.1, -0.05) is 26.0 Å². The van der Waals surface area contributed by atoms with Crippen molar-refractivity contribution in [3.63, 3.8) is 0 Å². The van der Waals surface area contributed by atoms with Crippen LogP contribution in [0.3, 0.4) is 0 Å². The Hall–Kier alpha value is -2.22. The average molecular weight is 459 g/mol. The molecule has 0 spiro atoms. The number of rotatable bonds is 9. The third-order valence-corrected chi connectivity index (χ3v) is 8.10. The number of benzene rings is 2. The number of nitrogens with zero attached hydrogens (tertiary/aromatic N) is 2. The molecule has 2 aromatic rings. The fourth-order valence-corrected chi connectivity index (χ4v) is 5.36. The van der Waals surface area contributed by atoms with E-state index in [1.165, 1.54) is 0 Å². The molecule has 1 aliphatic heterocycles. The molecule has 0 radical (unpaired) electrons. The number of sulfonamides is 1. The molecule has 0 bridgehead atoms. The van der Waals surface area contributed by atoms with E-state index in [4.69, 9.17) is 4.74 Å². The highest BCUT2D eigenvalue weighted by Gasteiger charge is 2.29. The summed E-state index contributed by atoms with van der Waals surface area (Å²) in [6, 6.07) is 12.8. The second-order valence-electron chi connectivity index (χ2n) is 8.37. The highest BCUT2D eigenvalue weighted by Crippen LogP contribution is 2.25. The van der Waals surface area contributed by atoms with E-state index in [9.17, 15) is 13.2 Å². The van der Waals surface area contributed by atoms with Crippen LogP contribution in [-0.4, -0.2) is 56.2 Å². The minimum Gasteiger partial charge on any atom is -0.494 e. The molecule has 0 amide bonds. The van der Waals surface area contributed by atoms with Gasteiger partial charge in [-0.25, -0.2) is 8.42 Å².